The van der Waals surface area contributed by atoms with Crippen LogP contribution in [-0.2, 0) is 9.47 Å². The van der Waals surface area contributed by atoms with Crippen molar-refractivity contribution >= 4 is 6.09 Å². The average Bonchev–Trinajstić information content (AvgIpc) is 2.52. The minimum Gasteiger partial charge on any atom is -0.444 e. The minimum atomic E-state index is -0.457. The molecule has 1 amide bonds. The number of hydrogen-bond donors (Lipinski definition) is 0. The van der Waals surface area contributed by atoms with Gasteiger partial charge in [-0.05, 0) is 40.5 Å². The summed E-state index contributed by atoms with van der Waals surface area (Å²) in [5.74, 6) is 0.329. The van der Waals surface area contributed by atoms with Gasteiger partial charge in [0.25, 0.3) is 0 Å². The molecule has 2 heterocycles. The van der Waals surface area contributed by atoms with Crippen molar-refractivity contribution in [3.8, 4) is 0 Å². The Labute approximate surface area is 138 Å². The first-order valence-electron chi connectivity index (χ1n) is 8.20. The molecule has 2 rings (SSSR count). The second-order valence-electron chi connectivity index (χ2n) is 7.04. The zero-order valence-corrected chi connectivity index (χ0v) is 14.5. The van der Waals surface area contributed by atoms with Crippen LogP contribution < -0.4 is 0 Å². The third-order valence-electron chi connectivity index (χ3n) is 3.75. The summed E-state index contributed by atoms with van der Waals surface area (Å²) in [7, 11) is 0. The molecule has 0 aromatic carbocycles. The highest BCUT2D eigenvalue weighted by Crippen LogP contribution is 2.22. The lowest BCUT2D eigenvalue weighted by Crippen LogP contribution is -2.43. The number of amides is 1. The Morgan fingerprint density at radius 3 is 2.87 bits per heavy atom. The SMILES string of the molecule is C[C@@H](OC[C@@H]1CCCN(C(=O)OC(C)(C)C)C1)c1cnccn1. The molecule has 1 aromatic rings. The summed E-state index contributed by atoms with van der Waals surface area (Å²) in [6.45, 7) is 9.68. The maximum absolute atomic E-state index is 12.2. The normalized spacial score (nSPS) is 20.2. The van der Waals surface area contributed by atoms with Crippen molar-refractivity contribution in [2.45, 2.75) is 52.2 Å². The van der Waals surface area contributed by atoms with Crippen LogP contribution in [0.15, 0.2) is 18.6 Å². The summed E-state index contributed by atoms with van der Waals surface area (Å²) in [5.41, 5.74) is 0.369. The number of likely N-dealkylation sites (tertiary alicyclic amines) is 1. The fraction of sp³-hybridized carbons (Fsp3) is 0.706. The molecular formula is C17H27N3O3. The van der Waals surface area contributed by atoms with Gasteiger partial charge in [-0.25, -0.2) is 4.79 Å². The highest BCUT2D eigenvalue weighted by molar-refractivity contribution is 5.68. The van der Waals surface area contributed by atoms with Gasteiger partial charge < -0.3 is 14.4 Å². The largest absolute Gasteiger partial charge is 0.444 e. The molecule has 2 atom stereocenters. The summed E-state index contributed by atoms with van der Waals surface area (Å²) in [4.78, 5) is 22.3. The second kappa shape index (κ2) is 7.73. The van der Waals surface area contributed by atoms with Crippen LogP contribution in [0, 0.1) is 5.92 Å². The lowest BCUT2D eigenvalue weighted by molar-refractivity contribution is -0.00468. The molecule has 1 aromatic heterocycles. The molecule has 128 valence electrons. The summed E-state index contributed by atoms with van der Waals surface area (Å²) < 4.78 is 11.4. The van der Waals surface area contributed by atoms with Crippen LogP contribution in [0.25, 0.3) is 0 Å². The van der Waals surface area contributed by atoms with E-state index in [9.17, 15) is 4.79 Å². The molecule has 0 spiro atoms. The first-order chi connectivity index (χ1) is 10.8. The molecule has 1 aliphatic heterocycles. The summed E-state index contributed by atoms with van der Waals surface area (Å²) in [6.07, 6.45) is 6.75. The van der Waals surface area contributed by atoms with Crippen molar-refractivity contribution in [1.29, 1.82) is 0 Å². The number of hydrogen-bond acceptors (Lipinski definition) is 5. The van der Waals surface area contributed by atoms with Crippen molar-refractivity contribution in [3.05, 3.63) is 24.3 Å². The lowest BCUT2D eigenvalue weighted by Gasteiger charge is -2.34. The van der Waals surface area contributed by atoms with Gasteiger partial charge >= 0.3 is 6.09 Å². The molecule has 1 fully saturated rings. The monoisotopic (exact) mass is 321 g/mol. The second-order valence-corrected chi connectivity index (χ2v) is 7.04. The van der Waals surface area contributed by atoms with E-state index < -0.39 is 5.60 Å². The third kappa shape index (κ3) is 5.78. The number of nitrogens with zero attached hydrogens (tertiary/aromatic N) is 3. The Kier molecular flexibility index (Phi) is 5.93. The maximum atomic E-state index is 12.2. The first kappa shape index (κ1) is 17.7. The Morgan fingerprint density at radius 2 is 2.22 bits per heavy atom. The van der Waals surface area contributed by atoms with Crippen molar-refractivity contribution in [1.82, 2.24) is 14.9 Å². The number of carbonyl (C=O) groups is 1. The molecule has 23 heavy (non-hydrogen) atoms. The molecule has 6 heteroatoms. The first-order valence-corrected chi connectivity index (χ1v) is 8.20. The quantitative estimate of drug-likeness (QED) is 0.852. The smallest absolute Gasteiger partial charge is 0.410 e. The van der Waals surface area contributed by atoms with Crippen molar-refractivity contribution < 1.29 is 14.3 Å². The molecule has 1 aliphatic rings. The van der Waals surface area contributed by atoms with Crippen molar-refractivity contribution in [2.75, 3.05) is 19.7 Å². The van der Waals surface area contributed by atoms with Crippen molar-refractivity contribution in [3.63, 3.8) is 0 Å². The van der Waals surface area contributed by atoms with Gasteiger partial charge in [-0.3, -0.25) is 9.97 Å². The standard InChI is InChI=1S/C17H27N3O3/c1-13(15-10-18-7-8-19-15)22-12-14-6-5-9-20(11-14)16(21)23-17(2,3)4/h7-8,10,13-14H,5-6,9,11-12H2,1-4H3/t13-,14-/m1/s1. The molecular weight excluding hydrogens is 294 g/mol. The molecule has 0 radical (unpaired) electrons. The van der Waals surface area contributed by atoms with Crippen LogP contribution in [-0.4, -0.2) is 46.3 Å². The van der Waals surface area contributed by atoms with Gasteiger partial charge in [-0.1, -0.05) is 0 Å². The van der Waals surface area contributed by atoms with Gasteiger partial charge in [0.1, 0.15) is 5.60 Å². The van der Waals surface area contributed by atoms with Gasteiger partial charge in [0, 0.05) is 31.4 Å². The predicted octanol–water partition coefficient (Wildman–Crippen LogP) is 3.20. The maximum Gasteiger partial charge on any atom is 0.410 e. The van der Waals surface area contributed by atoms with Crippen LogP contribution >= 0.6 is 0 Å². The molecule has 0 unspecified atom stereocenters. The van der Waals surface area contributed by atoms with Gasteiger partial charge in [-0.15, -0.1) is 0 Å². The van der Waals surface area contributed by atoms with Crippen LogP contribution in [0.2, 0.25) is 0 Å². The number of aromatic nitrogens is 2. The fourth-order valence-corrected chi connectivity index (χ4v) is 2.58. The predicted molar refractivity (Wildman–Crippen MR) is 86.9 cm³/mol. The lowest BCUT2D eigenvalue weighted by atomic mass is 9.99. The molecule has 6 nitrogen and oxygen atoms in total. The Morgan fingerprint density at radius 1 is 1.43 bits per heavy atom. The Balaban J connectivity index is 1.81. The van der Waals surface area contributed by atoms with Crippen LogP contribution in [0.5, 0.6) is 0 Å². The van der Waals surface area contributed by atoms with Gasteiger partial charge in [0.15, 0.2) is 0 Å². The molecule has 1 saturated heterocycles. The van der Waals surface area contributed by atoms with E-state index in [4.69, 9.17) is 9.47 Å². The van der Waals surface area contributed by atoms with E-state index in [0.29, 0.717) is 19.1 Å². The van der Waals surface area contributed by atoms with E-state index in [1.165, 1.54) is 0 Å². The van der Waals surface area contributed by atoms with E-state index in [1.807, 2.05) is 27.7 Å². The van der Waals surface area contributed by atoms with E-state index in [1.54, 1.807) is 23.5 Å². The fourth-order valence-electron chi connectivity index (χ4n) is 2.58. The molecule has 0 saturated carbocycles. The van der Waals surface area contributed by atoms with Gasteiger partial charge in [0.05, 0.1) is 24.6 Å². The summed E-state index contributed by atoms with van der Waals surface area (Å²) >= 11 is 0. The topological polar surface area (TPSA) is 64.5 Å². The molecule has 0 N–H and O–H groups in total. The van der Waals surface area contributed by atoms with E-state index in [2.05, 4.69) is 9.97 Å². The van der Waals surface area contributed by atoms with Gasteiger partial charge in [0.2, 0.25) is 0 Å². The van der Waals surface area contributed by atoms with Crippen LogP contribution in [0.4, 0.5) is 4.79 Å². The summed E-state index contributed by atoms with van der Waals surface area (Å²) in [5, 5.41) is 0. The zero-order chi connectivity index (χ0) is 16.9. The number of piperidine rings is 1. The van der Waals surface area contributed by atoms with E-state index >= 15 is 0 Å². The number of rotatable bonds is 4. The summed E-state index contributed by atoms with van der Waals surface area (Å²) in [6, 6.07) is 0. The molecule has 0 bridgehead atoms. The van der Waals surface area contributed by atoms with E-state index in [0.717, 1.165) is 25.1 Å². The van der Waals surface area contributed by atoms with Crippen LogP contribution in [0.1, 0.15) is 52.3 Å². The average molecular weight is 321 g/mol. The van der Waals surface area contributed by atoms with E-state index in [-0.39, 0.29) is 12.2 Å². The number of carbonyl (C=O) groups excluding carboxylic acids is 1. The Hall–Kier alpha value is -1.69. The highest BCUT2D eigenvalue weighted by atomic mass is 16.6. The third-order valence-corrected chi connectivity index (χ3v) is 3.75. The van der Waals surface area contributed by atoms with Crippen LogP contribution in [0.3, 0.4) is 0 Å². The van der Waals surface area contributed by atoms with Gasteiger partial charge in [-0.2, -0.15) is 0 Å². The zero-order valence-electron chi connectivity index (χ0n) is 14.5. The highest BCUT2D eigenvalue weighted by Gasteiger charge is 2.28. The minimum absolute atomic E-state index is 0.0967. The number of ether oxygens (including phenoxy) is 2. The van der Waals surface area contributed by atoms with Crippen molar-refractivity contribution in [2.24, 2.45) is 5.92 Å². The molecule has 0 aliphatic carbocycles. The Bertz CT molecular complexity index is 502.